The fraction of sp³-hybridized carbons (Fsp3) is 0.167. The van der Waals surface area contributed by atoms with E-state index in [-0.39, 0.29) is 5.43 Å². The van der Waals surface area contributed by atoms with E-state index >= 15 is 0 Å². The number of fused-ring (bicyclic) bond motifs is 1. The number of hydrazone groups is 1. The summed E-state index contributed by atoms with van der Waals surface area (Å²) in [7, 11) is 3.57. The Balaban J connectivity index is 2.61. The quantitative estimate of drug-likeness (QED) is 0.631. The molecule has 5 heteroatoms. The summed E-state index contributed by atoms with van der Waals surface area (Å²) < 4.78 is 6.23. The van der Waals surface area contributed by atoms with Crippen molar-refractivity contribution in [3.8, 4) is 0 Å². The summed E-state index contributed by atoms with van der Waals surface area (Å²) in [5, 5.41) is 6.18. The van der Waals surface area contributed by atoms with Gasteiger partial charge in [-0.05, 0) is 18.2 Å². The van der Waals surface area contributed by atoms with Crippen LogP contribution in [0.2, 0.25) is 0 Å². The van der Waals surface area contributed by atoms with Crippen LogP contribution < -0.4 is 5.43 Å². The molecule has 88 valence electrons. The highest BCUT2D eigenvalue weighted by Gasteiger charge is 2.05. The Morgan fingerprint density at radius 2 is 2.18 bits per heavy atom. The first kappa shape index (κ1) is 11.9. The third kappa shape index (κ3) is 2.55. The van der Waals surface area contributed by atoms with E-state index in [1.54, 1.807) is 31.2 Å². The second-order valence-electron chi connectivity index (χ2n) is 3.75. The molecule has 0 N–H and O–H groups in total. The average Bonchev–Trinajstić information content (AvgIpc) is 2.29. The van der Waals surface area contributed by atoms with Crippen LogP contribution in [0.3, 0.4) is 0 Å². The van der Waals surface area contributed by atoms with Gasteiger partial charge in [0.1, 0.15) is 11.8 Å². The minimum absolute atomic E-state index is 0.0850. The molecule has 0 saturated heterocycles. The minimum Gasteiger partial charge on any atom is -0.463 e. The summed E-state index contributed by atoms with van der Waals surface area (Å²) in [6, 6.07) is 5.33. The molecular formula is C12H11BrN2O2. The van der Waals surface area contributed by atoms with E-state index in [0.717, 1.165) is 4.47 Å². The summed E-state index contributed by atoms with van der Waals surface area (Å²) in [6.07, 6.45) is 2.91. The molecule has 17 heavy (non-hydrogen) atoms. The van der Waals surface area contributed by atoms with Crippen molar-refractivity contribution in [1.82, 2.24) is 5.01 Å². The molecule has 0 aliphatic rings. The highest BCUT2D eigenvalue weighted by molar-refractivity contribution is 9.10. The maximum Gasteiger partial charge on any atom is 0.201 e. The van der Waals surface area contributed by atoms with Crippen LogP contribution in [-0.4, -0.2) is 25.3 Å². The molecular weight excluding hydrogens is 284 g/mol. The number of halogens is 1. The fourth-order valence-corrected chi connectivity index (χ4v) is 1.75. The van der Waals surface area contributed by atoms with Crippen LogP contribution in [0.15, 0.2) is 43.2 Å². The molecule has 2 rings (SSSR count). The Kier molecular flexibility index (Phi) is 3.28. The van der Waals surface area contributed by atoms with Crippen molar-refractivity contribution in [1.29, 1.82) is 0 Å². The summed E-state index contributed by atoms with van der Waals surface area (Å²) in [5.41, 5.74) is 0.919. The molecule has 0 bridgehead atoms. The normalized spacial score (nSPS) is 11.2. The van der Waals surface area contributed by atoms with E-state index in [2.05, 4.69) is 21.0 Å². The highest BCUT2D eigenvalue weighted by Crippen LogP contribution is 2.17. The van der Waals surface area contributed by atoms with Crippen LogP contribution in [0.5, 0.6) is 0 Å². The first-order chi connectivity index (χ1) is 8.08. The first-order valence-electron chi connectivity index (χ1n) is 5.00. The van der Waals surface area contributed by atoms with E-state index in [9.17, 15) is 4.79 Å². The molecule has 0 unspecified atom stereocenters. The van der Waals surface area contributed by atoms with Crippen molar-refractivity contribution in [2.24, 2.45) is 5.10 Å². The molecule has 0 aliphatic heterocycles. The predicted molar refractivity (Wildman–Crippen MR) is 71.5 cm³/mol. The molecule has 1 aromatic heterocycles. The van der Waals surface area contributed by atoms with Gasteiger partial charge in [-0.1, -0.05) is 15.9 Å². The molecule has 0 saturated carbocycles. The van der Waals surface area contributed by atoms with Gasteiger partial charge in [0.05, 0.1) is 17.2 Å². The SMILES string of the molecule is CN(C)/N=C/c1coc2ccc(Br)cc2c1=O. The van der Waals surface area contributed by atoms with Gasteiger partial charge >= 0.3 is 0 Å². The number of rotatable bonds is 2. The zero-order valence-corrected chi connectivity index (χ0v) is 11.1. The third-order valence-electron chi connectivity index (χ3n) is 2.19. The molecule has 4 nitrogen and oxygen atoms in total. The number of nitrogens with zero attached hydrogens (tertiary/aromatic N) is 2. The van der Waals surface area contributed by atoms with E-state index < -0.39 is 0 Å². The van der Waals surface area contributed by atoms with E-state index in [4.69, 9.17) is 4.42 Å². The second-order valence-corrected chi connectivity index (χ2v) is 4.67. The maximum absolute atomic E-state index is 12.1. The lowest BCUT2D eigenvalue weighted by Gasteiger charge is -2.02. The zero-order valence-electron chi connectivity index (χ0n) is 9.48. The van der Waals surface area contributed by atoms with Gasteiger partial charge < -0.3 is 9.43 Å². The molecule has 1 aromatic carbocycles. The van der Waals surface area contributed by atoms with E-state index in [1.165, 1.54) is 12.5 Å². The first-order valence-corrected chi connectivity index (χ1v) is 5.79. The Labute approximate surface area is 107 Å². The summed E-state index contributed by atoms with van der Waals surface area (Å²) in [5.74, 6) is 0. The average molecular weight is 295 g/mol. The van der Waals surface area contributed by atoms with Crippen LogP contribution in [0.25, 0.3) is 11.0 Å². The fourth-order valence-electron chi connectivity index (χ4n) is 1.39. The monoisotopic (exact) mass is 294 g/mol. The van der Waals surface area contributed by atoms with E-state index in [0.29, 0.717) is 16.5 Å². The van der Waals surface area contributed by atoms with Crippen molar-refractivity contribution >= 4 is 33.1 Å². The molecule has 0 amide bonds. The predicted octanol–water partition coefficient (Wildman–Crippen LogP) is 2.45. The lowest BCUT2D eigenvalue weighted by molar-refractivity contribution is 0.440. The van der Waals surface area contributed by atoms with Crippen LogP contribution in [0.4, 0.5) is 0 Å². The van der Waals surface area contributed by atoms with Gasteiger partial charge in [-0.25, -0.2) is 0 Å². The number of hydrogen-bond donors (Lipinski definition) is 0. The molecule has 0 radical (unpaired) electrons. The van der Waals surface area contributed by atoms with Crippen molar-refractivity contribution in [3.05, 3.63) is 44.7 Å². The van der Waals surface area contributed by atoms with Gasteiger partial charge in [0.15, 0.2) is 0 Å². The Bertz CT molecular complexity index is 632. The smallest absolute Gasteiger partial charge is 0.201 e. The Morgan fingerprint density at radius 3 is 2.88 bits per heavy atom. The lowest BCUT2D eigenvalue weighted by atomic mass is 10.2. The minimum atomic E-state index is -0.0850. The summed E-state index contributed by atoms with van der Waals surface area (Å²) >= 11 is 3.33. The van der Waals surface area contributed by atoms with Crippen LogP contribution in [0, 0.1) is 0 Å². The lowest BCUT2D eigenvalue weighted by Crippen LogP contribution is -2.10. The molecule has 0 aliphatic carbocycles. The van der Waals surface area contributed by atoms with Crippen molar-refractivity contribution in [2.75, 3.05) is 14.1 Å². The van der Waals surface area contributed by atoms with Crippen molar-refractivity contribution in [3.63, 3.8) is 0 Å². The number of hydrogen-bond acceptors (Lipinski definition) is 4. The maximum atomic E-state index is 12.1. The molecule has 0 atom stereocenters. The van der Waals surface area contributed by atoms with Crippen LogP contribution >= 0.6 is 15.9 Å². The number of benzene rings is 1. The van der Waals surface area contributed by atoms with Gasteiger partial charge in [0.25, 0.3) is 0 Å². The van der Waals surface area contributed by atoms with Gasteiger partial charge in [-0.2, -0.15) is 5.10 Å². The van der Waals surface area contributed by atoms with Gasteiger partial charge in [0, 0.05) is 18.6 Å². The van der Waals surface area contributed by atoms with Crippen LogP contribution in [-0.2, 0) is 0 Å². The topological polar surface area (TPSA) is 45.8 Å². The molecule has 0 fully saturated rings. The summed E-state index contributed by atoms with van der Waals surface area (Å²) in [4.78, 5) is 12.1. The van der Waals surface area contributed by atoms with Crippen molar-refractivity contribution in [2.45, 2.75) is 0 Å². The zero-order chi connectivity index (χ0) is 12.4. The third-order valence-corrected chi connectivity index (χ3v) is 2.68. The van der Waals surface area contributed by atoms with Gasteiger partial charge in [0.2, 0.25) is 5.43 Å². The van der Waals surface area contributed by atoms with Crippen molar-refractivity contribution < 1.29 is 4.42 Å². The van der Waals surface area contributed by atoms with Gasteiger partial charge in [-0.15, -0.1) is 0 Å². The molecule has 1 heterocycles. The van der Waals surface area contributed by atoms with Gasteiger partial charge in [-0.3, -0.25) is 4.79 Å². The largest absolute Gasteiger partial charge is 0.463 e. The Morgan fingerprint density at radius 1 is 1.41 bits per heavy atom. The Hall–Kier alpha value is -1.62. The molecule has 0 spiro atoms. The highest BCUT2D eigenvalue weighted by atomic mass is 79.9. The summed E-state index contributed by atoms with van der Waals surface area (Å²) in [6.45, 7) is 0. The van der Waals surface area contributed by atoms with Crippen LogP contribution in [0.1, 0.15) is 5.56 Å². The standard InChI is InChI=1S/C12H11BrN2O2/c1-15(2)14-6-8-7-17-11-4-3-9(13)5-10(11)12(8)16/h3-7H,1-2H3/b14-6+. The molecule has 2 aromatic rings. The van der Waals surface area contributed by atoms with E-state index in [1.807, 2.05) is 6.07 Å². The second kappa shape index (κ2) is 4.71.